The molecular weight excluding hydrogens is 1230 g/mol. The first-order chi connectivity index (χ1) is 36.6. The summed E-state index contributed by atoms with van der Waals surface area (Å²) in [6.07, 6.45) is 0. The molecule has 16 heteroatoms. The van der Waals surface area contributed by atoms with E-state index < -0.39 is 37.7 Å². The highest BCUT2D eigenvalue weighted by Crippen LogP contribution is 2.58. The van der Waals surface area contributed by atoms with E-state index in [9.17, 15) is 0 Å². The van der Waals surface area contributed by atoms with E-state index in [4.69, 9.17) is 0 Å². The van der Waals surface area contributed by atoms with Gasteiger partial charge in [0.05, 0.1) is 32.3 Å². The van der Waals surface area contributed by atoms with Crippen molar-refractivity contribution in [2.75, 3.05) is 0 Å². The molecular formula is C61H60S12Si4. The maximum atomic E-state index is 2.48. The number of hydrogen-bond acceptors (Lipinski definition) is 12. The second kappa shape index (κ2) is 20.9. The largest absolute Gasteiger partial charge is 0.144 e. The molecule has 0 N–H and O–H groups in total. The van der Waals surface area contributed by atoms with E-state index >= 15 is 0 Å². The molecule has 12 heterocycles. The lowest BCUT2D eigenvalue weighted by Gasteiger charge is -2.31. The third-order valence-corrected chi connectivity index (χ3v) is 43.1. The first-order valence-corrected chi connectivity index (χ1v) is 49.6. The Morgan fingerprint density at radius 2 is 0.325 bits per heavy atom. The van der Waals surface area contributed by atoms with Crippen molar-refractivity contribution in [1.29, 1.82) is 0 Å². The van der Waals surface area contributed by atoms with Gasteiger partial charge in [0.1, 0.15) is 5.41 Å². The van der Waals surface area contributed by atoms with Gasteiger partial charge < -0.3 is 0 Å². The maximum absolute atomic E-state index is 2.48. The van der Waals surface area contributed by atoms with Gasteiger partial charge in [0.25, 0.3) is 0 Å². The molecule has 12 aromatic rings. The molecule has 0 aromatic carbocycles. The molecule has 0 aliphatic carbocycles. The lowest BCUT2D eigenvalue weighted by atomic mass is 9.81. The van der Waals surface area contributed by atoms with Crippen molar-refractivity contribution >= 4 is 186 Å². The Hall–Kier alpha value is -2.73. The third kappa shape index (κ3) is 10.8. The van der Waals surface area contributed by atoms with Gasteiger partial charge in [-0.05, 0) is 139 Å². The second-order valence-electron chi connectivity index (χ2n) is 23.7. The van der Waals surface area contributed by atoms with Gasteiger partial charge in [-0.3, -0.25) is 0 Å². The fraction of sp³-hybridized carbons (Fsp3) is 0.213. The topological polar surface area (TPSA) is 0 Å². The standard InChI is InChI=1S/C61H60S12Si4/c1-74(2,3)57-33-25-49(70-57)41-17-13-37(62-41)45-21-29-53(66-45)61(54-30-22-46(67-54)38-14-18-42(63-38)50-26-34-58(71-50)75(4,5)6,55-31-23-47(68-55)39-15-19-43(64-39)51-27-35-59(72-51)76(7,8)9)56-32-24-48(69-56)40-16-20-44(65-40)52-28-36-60(73-52)77(10,11)12/h13-36H,1-12H3. The predicted octanol–water partition coefficient (Wildman–Crippen LogP) is 22.3. The minimum Gasteiger partial charge on any atom is -0.144 e. The van der Waals surface area contributed by atoms with Gasteiger partial charge in [-0.25, -0.2) is 0 Å². The molecule has 0 aliphatic rings. The Morgan fingerprint density at radius 3 is 0.494 bits per heavy atom. The lowest BCUT2D eigenvalue weighted by molar-refractivity contribution is 0.823. The molecule has 0 fully saturated rings. The van der Waals surface area contributed by atoms with Crippen molar-refractivity contribution in [3.8, 4) is 78.0 Å². The zero-order valence-corrected chi connectivity index (χ0v) is 59.1. The Balaban J connectivity index is 1.01. The molecule has 0 bridgehead atoms. The van der Waals surface area contributed by atoms with Crippen LogP contribution in [0.1, 0.15) is 19.5 Å². The third-order valence-electron chi connectivity index (χ3n) is 13.6. The van der Waals surface area contributed by atoms with Crippen molar-refractivity contribution < 1.29 is 0 Å². The average molecular weight is 1290 g/mol. The smallest absolute Gasteiger partial charge is 0.107 e. The molecule has 0 saturated carbocycles. The van der Waals surface area contributed by atoms with Gasteiger partial charge in [-0.2, -0.15) is 0 Å². The molecule has 392 valence electrons. The Labute approximate surface area is 507 Å². The lowest BCUT2D eigenvalue weighted by Crippen LogP contribution is -2.34. The van der Waals surface area contributed by atoms with Crippen molar-refractivity contribution in [2.24, 2.45) is 0 Å². The maximum Gasteiger partial charge on any atom is 0.107 e. The molecule has 0 spiro atoms. The highest BCUT2D eigenvalue weighted by Gasteiger charge is 2.44. The van der Waals surface area contributed by atoms with Crippen LogP contribution >= 0.6 is 136 Å². The molecule has 0 aliphatic heterocycles. The van der Waals surface area contributed by atoms with Crippen LogP contribution in [-0.2, 0) is 5.41 Å². The van der Waals surface area contributed by atoms with Gasteiger partial charge in [0, 0.05) is 97.5 Å². The molecule has 0 amide bonds. The van der Waals surface area contributed by atoms with Crippen LogP contribution in [0, 0.1) is 0 Å². The summed E-state index contributed by atoms with van der Waals surface area (Å²) in [6, 6.07) is 57.6. The summed E-state index contributed by atoms with van der Waals surface area (Å²) in [6.45, 7) is 29.5. The number of rotatable bonds is 16. The molecule has 77 heavy (non-hydrogen) atoms. The van der Waals surface area contributed by atoms with Gasteiger partial charge in [-0.15, -0.1) is 136 Å². The van der Waals surface area contributed by atoms with E-state index in [0.717, 1.165) is 0 Å². The van der Waals surface area contributed by atoms with E-state index in [1.165, 1.54) is 97.5 Å². The summed E-state index contributed by atoms with van der Waals surface area (Å²) in [5.41, 5.74) is -0.544. The fourth-order valence-corrected chi connectivity index (χ4v) is 31.0. The summed E-state index contributed by atoms with van der Waals surface area (Å²) in [5, 5.41) is 0. The summed E-state index contributed by atoms with van der Waals surface area (Å²) < 4.78 is 6.26. The highest BCUT2D eigenvalue weighted by molar-refractivity contribution is 7.35. The number of thiophene rings is 12. The zero-order valence-electron chi connectivity index (χ0n) is 45.3. The molecule has 12 rings (SSSR count). The van der Waals surface area contributed by atoms with E-state index in [1.54, 1.807) is 18.0 Å². The molecule has 0 saturated heterocycles. The molecule has 0 nitrogen and oxygen atoms in total. The van der Waals surface area contributed by atoms with Crippen LogP contribution in [0.4, 0.5) is 0 Å². The summed E-state index contributed by atoms with van der Waals surface area (Å²) in [5.74, 6) is 0. The van der Waals surface area contributed by atoms with Gasteiger partial charge >= 0.3 is 0 Å². The Morgan fingerprint density at radius 1 is 0.182 bits per heavy atom. The SMILES string of the molecule is C[Si](C)(C)c1ccc(-c2ccc(-c3ccc(C(c4ccc(-c5ccc(-c6ccc([Si](C)(C)C)s6)s5)s4)(c4ccc(-c5ccc(-c6ccc([Si](C)(C)C)s6)s5)s4)c4ccc(-c5ccc(-c6ccc([Si](C)(C)C)s6)s5)s4)s3)s2)s1. The van der Waals surface area contributed by atoms with Gasteiger partial charge in [-0.1, -0.05) is 103 Å². The zero-order chi connectivity index (χ0) is 53.8. The minimum absolute atomic E-state index is 0.544. The molecule has 0 radical (unpaired) electrons. The normalized spacial score (nSPS) is 12.9. The van der Waals surface area contributed by atoms with Gasteiger partial charge in [0.15, 0.2) is 0 Å². The molecule has 0 atom stereocenters. The first kappa shape index (κ1) is 54.8. The average Bonchev–Trinajstić information content (AvgIpc) is 4.27. The highest BCUT2D eigenvalue weighted by atomic mass is 32.1. The van der Waals surface area contributed by atoms with Crippen molar-refractivity contribution in [2.45, 2.75) is 84.0 Å². The summed E-state index contributed by atoms with van der Waals surface area (Å²) in [7, 11) is -5.61. The minimum atomic E-state index is -1.40. The van der Waals surface area contributed by atoms with Crippen LogP contribution in [0.25, 0.3) is 78.0 Å². The van der Waals surface area contributed by atoms with E-state index in [0.29, 0.717) is 0 Å². The van der Waals surface area contributed by atoms with Crippen LogP contribution in [-0.4, -0.2) is 32.3 Å². The monoisotopic (exact) mass is 1290 g/mol. The second-order valence-corrected chi connectivity index (χ2v) is 58.3. The van der Waals surface area contributed by atoms with E-state index in [-0.39, 0.29) is 0 Å². The van der Waals surface area contributed by atoms with Crippen molar-refractivity contribution in [1.82, 2.24) is 0 Å². The van der Waals surface area contributed by atoms with E-state index in [2.05, 4.69) is 224 Å². The molecule has 12 aromatic heterocycles. The van der Waals surface area contributed by atoms with Crippen LogP contribution in [0.5, 0.6) is 0 Å². The van der Waals surface area contributed by atoms with Gasteiger partial charge in [0.2, 0.25) is 0 Å². The van der Waals surface area contributed by atoms with Crippen LogP contribution in [0.3, 0.4) is 0 Å². The Kier molecular flexibility index (Phi) is 14.9. The van der Waals surface area contributed by atoms with E-state index in [1.807, 2.05) is 136 Å². The van der Waals surface area contributed by atoms with Crippen LogP contribution in [0.15, 0.2) is 146 Å². The summed E-state index contributed by atoms with van der Waals surface area (Å²) in [4.78, 5) is 27.2. The molecule has 0 unspecified atom stereocenters. The fourth-order valence-electron chi connectivity index (χ4n) is 9.32. The Bertz CT molecular complexity index is 3500. The van der Waals surface area contributed by atoms with Crippen molar-refractivity contribution in [3.63, 3.8) is 0 Å². The predicted molar refractivity (Wildman–Crippen MR) is 375 cm³/mol. The summed E-state index contributed by atoms with van der Waals surface area (Å²) >= 11 is 23.7. The first-order valence-electron chi connectivity index (χ1n) is 25.8. The quantitative estimate of drug-likeness (QED) is 0.0846. The number of hydrogen-bond donors (Lipinski definition) is 0. The van der Waals surface area contributed by atoms with Crippen LogP contribution in [0.2, 0.25) is 78.6 Å². The van der Waals surface area contributed by atoms with Crippen LogP contribution < -0.4 is 18.0 Å². The van der Waals surface area contributed by atoms with Crippen molar-refractivity contribution in [3.05, 3.63) is 165 Å².